The summed E-state index contributed by atoms with van der Waals surface area (Å²) in [7, 11) is 0. The van der Waals surface area contributed by atoms with Crippen molar-refractivity contribution in [3.63, 3.8) is 0 Å². The van der Waals surface area contributed by atoms with Gasteiger partial charge in [-0.05, 0) is 56.4 Å². The Balaban J connectivity index is 1.55. The molecule has 0 aliphatic heterocycles. The number of rotatable bonds is 4. The number of aryl methyl sites for hydroxylation is 2. The third-order valence-electron chi connectivity index (χ3n) is 4.68. The predicted molar refractivity (Wildman–Crippen MR) is 114 cm³/mol. The summed E-state index contributed by atoms with van der Waals surface area (Å²) in [6, 6.07) is 4.44. The second-order valence-electron chi connectivity index (χ2n) is 6.67. The van der Waals surface area contributed by atoms with E-state index in [0.29, 0.717) is 15.6 Å². The van der Waals surface area contributed by atoms with Gasteiger partial charge in [-0.2, -0.15) is 0 Å². The van der Waals surface area contributed by atoms with Gasteiger partial charge in [-0.25, -0.2) is 4.98 Å². The number of aromatic amines is 1. The second kappa shape index (κ2) is 7.77. The standard InChI is InChI=1S/C19H18ClN3O3S2/c1-9(16(25)21-12-8-10(20)6-7-13(12)24)27-19-22-17(26)15-11-4-2-3-5-14(11)28-18(15)23-19/h6-9,24H,2-5H2,1H3,(H,21,25)(H,22,23,26). The molecule has 6 nitrogen and oxygen atoms in total. The Labute approximate surface area is 174 Å². The maximum absolute atomic E-state index is 12.6. The van der Waals surface area contributed by atoms with Gasteiger partial charge in [0.1, 0.15) is 10.6 Å². The Morgan fingerprint density at radius 3 is 3.00 bits per heavy atom. The lowest BCUT2D eigenvalue weighted by atomic mass is 9.97. The number of thioether (sulfide) groups is 1. The van der Waals surface area contributed by atoms with Gasteiger partial charge in [-0.1, -0.05) is 23.4 Å². The van der Waals surface area contributed by atoms with E-state index in [2.05, 4.69) is 15.3 Å². The average Bonchev–Trinajstić information content (AvgIpc) is 3.03. The molecule has 2 aromatic heterocycles. The highest BCUT2D eigenvalue weighted by atomic mass is 35.5. The van der Waals surface area contributed by atoms with Crippen molar-refractivity contribution in [1.82, 2.24) is 9.97 Å². The van der Waals surface area contributed by atoms with Gasteiger partial charge >= 0.3 is 0 Å². The van der Waals surface area contributed by atoms with Crippen molar-refractivity contribution < 1.29 is 9.90 Å². The lowest BCUT2D eigenvalue weighted by Crippen LogP contribution is -2.23. The van der Waals surface area contributed by atoms with Crippen LogP contribution < -0.4 is 10.9 Å². The number of carbonyl (C=O) groups excluding carboxylic acids is 1. The molecule has 0 saturated heterocycles. The van der Waals surface area contributed by atoms with E-state index >= 15 is 0 Å². The van der Waals surface area contributed by atoms with E-state index in [9.17, 15) is 14.7 Å². The topological polar surface area (TPSA) is 95.1 Å². The number of carbonyl (C=O) groups is 1. The highest BCUT2D eigenvalue weighted by molar-refractivity contribution is 8.00. The van der Waals surface area contributed by atoms with Crippen molar-refractivity contribution in [2.75, 3.05) is 5.32 Å². The Morgan fingerprint density at radius 1 is 1.39 bits per heavy atom. The molecule has 3 N–H and O–H groups in total. The quantitative estimate of drug-likeness (QED) is 0.322. The summed E-state index contributed by atoms with van der Waals surface area (Å²) in [6.07, 6.45) is 4.17. The van der Waals surface area contributed by atoms with E-state index < -0.39 is 5.25 Å². The number of thiophene rings is 1. The van der Waals surface area contributed by atoms with E-state index in [1.807, 2.05) is 0 Å². The third-order valence-corrected chi connectivity index (χ3v) is 7.08. The summed E-state index contributed by atoms with van der Waals surface area (Å²) in [5, 5.41) is 13.5. The highest BCUT2D eigenvalue weighted by Crippen LogP contribution is 2.34. The van der Waals surface area contributed by atoms with E-state index in [0.717, 1.165) is 36.1 Å². The van der Waals surface area contributed by atoms with Crippen LogP contribution in [0.5, 0.6) is 5.75 Å². The van der Waals surface area contributed by atoms with Crippen LogP contribution in [-0.4, -0.2) is 26.2 Å². The number of amides is 1. The fourth-order valence-electron chi connectivity index (χ4n) is 3.26. The monoisotopic (exact) mass is 435 g/mol. The number of halogens is 1. The van der Waals surface area contributed by atoms with E-state index in [1.165, 1.54) is 34.8 Å². The molecule has 2 heterocycles. The minimum absolute atomic E-state index is 0.0629. The molecule has 28 heavy (non-hydrogen) atoms. The maximum Gasteiger partial charge on any atom is 0.260 e. The molecule has 1 atom stereocenters. The number of aromatic nitrogens is 2. The molecule has 0 saturated carbocycles. The predicted octanol–water partition coefficient (Wildman–Crippen LogP) is 4.34. The number of nitrogens with zero attached hydrogens (tertiary/aromatic N) is 1. The molecule has 0 spiro atoms. The molecule has 1 aliphatic rings. The van der Waals surface area contributed by atoms with Crippen LogP contribution in [0.3, 0.4) is 0 Å². The molecular formula is C19H18ClN3O3S2. The zero-order valence-electron chi connectivity index (χ0n) is 15.0. The fraction of sp³-hybridized carbons (Fsp3) is 0.316. The van der Waals surface area contributed by atoms with Crippen LogP contribution >= 0.6 is 34.7 Å². The van der Waals surface area contributed by atoms with Gasteiger partial charge in [0.05, 0.1) is 16.3 Å². The summed E-state index contributed by atoms with van der Waals surface area (Å²) >= 11 is 8.66. The molecule has 0 fully saturated rings. The number of phenolic OH excluding ortho intramolecular Hbond substituents is 1. The number of fused-ring (bicyclic) bond motifs is 3. The summed E-state index contributed by atoms with van der Waals surface area (Å²) in [5.41, 5.74) is 1.23. The van der Waals surface area contributed by atoms with Crippen LogP contribution in [0.25, 0.3) is 10.2 Å². The number of aromatic hydroxyl groups is 1. The molecule has 1 aliphatic carbocycles. The molecule has 1 unspecified atom stereocenters. The molecule has 4 rings (SSSR count). The van der Waals surface area contributed by atoms with Crippen LogP contribution in [-0.2, 0) is 17.6 Å². The number of hydrogen-bond donors (Lipinski definition) is 3. The Hall–Kier alpha value is -2.03. The van der Waals surface area contributed by atoms with Gasteiger partial charge in [0, 0.05) is 9.90 Å². The van der Waals surface area contributed by atoms with Crippen molar-refractivity contribution >= 4 is 56.5 Å². The van der Waals surface area contributed by atoms with Crippen LogP contribution in [0.1, 0.15) is 30.2 Å². The number of nitrogens with one attached hydrogen (secondary N) is 2. The summed E-state index contributed by atoms with van der Waals surface area (Å²) in [4.78, 5) is 34.5. The van der Waals surface area contributed by atoms with E-state index in [-0.39, 0.29) is 22.9 Å². The second-order valence-corrected chi connectivity index (χ2v) is 9.52. The van der Waals surface area contributed by atoms with Gasteiger partial charge in [-0.15, -0.1) is 11.3 Å². The molecule has 0 bridgehead atoms. The minimum Gasteiger partial charge on any atom is -0.506 e. The first-order valence-electron chi connectivity index (χ1n) is 8.93. The number of benzene rings is 1. The van der Waals surface area contributed by atoms with Crippen molar-refractivity contribution in [2.45, 2.75) is 43.0 Å². The average molecular weight is 436 g/mol. The largest absolute Gasteiger partial charge is 0.506 e. The van der Waals surface area contributed by atoms with Gasteiger partial charge in [0.15, 0.2) is 5.16 Å². The Kier molecular flexibility index (Phi) is 5.35. The molecule has 146 valence electrons. The molecule has 0 radical (unpaired) electrons. The Morgan fingerprint density at radius 2 is 2.18 bits per heavy atom. The summed E-state index contributed by atoms with van der Waals surface area (Å²) < 4.78 is 0. The van der Waals surface area contributed by atoms with Crippen LogP contribution in [0.15, 0.2) is 28.2 Å². The number of anilines is 1. The van der Waals surface area contributed by atoms with Crippen molar-refractivity contribution in [2.24, 2.45) is 0 Å². The number of H-pyrrole nitrogens is 1. The lowest BCUT2D eigenvalue weighted by Gasteiger charge is -2.12. The summed E-state index contributed by atoms with van der Waals surface area (Å²) in [6.45, 7) is 1.71. The first-order chi connectivity index (χ1) is 13.4. The van der Waals surface area contributed by atoms with Crippen LogP contribution in [0, 0.1) is 0 Å². The van der Waals surface area contributed by atoms with Crippen LogP contribution in [0.2, 0.25) is 5.02 Å². The van der Waals surface area contributed by atoms with Gasteiger partial charge in [0.2, 0.25) is 5.91 Å². The number of hydrogen-bond acceptors (Lipinski definition) is 6. The first-order valence-corrected chi connectivity index (χ1v) is 11.0. The van der Waals surface area contributed by atoms with Gasteiger partial charge in [-0.3, -0.25) is 9.59 Å². The molecular weight excluding hydrogens is 418 g/mol. The lowest BCUT2D eigenvalue weighted by molar-refractivity contribution is -0.115. The molecule has 3 aromatic rings. The van der Waals surface area contributed by atoms with E-state index in [4.69, 9.17) is 11.6 Å². The first kappa shape index (κ1) is 19.3. The zero-order valence-corrected chi connectivity index (χ0v) is 17.4. The third kappa shape index (κ3) is 3.76. The summed E-state index contributed by atoms with van der Waals surface area (Å²) in [5.74, 6) is -0.386. The smallest absolute Gasteiger partial charge is 0.260 e. The molecule has 1 aromatic carbocycles. The van der Waals surface area contributed by atoms with Gasteiger partial charge < -0.3 is 15.4 Å². The zero-order chi connectivity index (χ0) is 19.8. The Bertz CT molecular complexity index is 1130. The van der Waals surface area contributed by atoms with Crippen molar-refractivity contribution in [3.05, 3.63) is 44.0 Å². The number of phenols is 1. The van der Waals surface area contributed by atoms with Crippen LogP contribution in [0.4, 0.5) is 5.69 Å². The van der Waals surface area contributed by atoms with E-state index in [1.54, 1.807) is 18.3 Å². The highest BCUT2D eigenvalue weighted by Gasteiger charge is 2.22. The fourth-order valence-corrected chi connectivity index (χ4v) is 5.55. The SMILES string of the molecule is CC(Sc1nc2sc3c(c2c(=O)[nH]1)CCCC3)C(=O)Nc1cc(Cl)ccc1O. The van der Waals surface area contributed by atoms with Crippen molar-refractivity contribution in [1.29, 1.82) is 0 Å². The molecule has 9 heteroatoms. The van der Waals surface area contributed by atoms with Gasteiger partial charge in [0.25, 0.3) is 5.56 Å². The molecule has 1 amide bonds. The normalized spacial score (nSPS) is 14.6. The maximum atomic E-state index is 12.6. The minimum atomic E-state index is -0.534. The van der Waals surface area contributed by atoms with Crippen molar-refractivity contribution in [3.8, 4) is 5.75 Å².